The number of rotatable bonds is 2. The van der Waals surface area contributed by atoms with Crippen LogP contribution in [0.25, 0.3) is 0 Å². The van der Waals surface area contributed by atoms with Crippen LogP contribution in [0.5, 0.6) is 0 Å². The first kappa shape index (κ1) is 6.16. The Kier molecular flexibility index (Phi) is 1.20. The molecule has 1 aliphatic heterocycles. The molecule has 0 radical (unpaired) electrons. The summed E-state index contributed by atoms with van der Waals surface area (Å²) in [6.45, 7) is 1.87. The molecule has 2 aliphatic rings. The molecule has 2 fully saturated rings. The number of epoxide rings is 1. The molecule has 0 aromatic carbocycles. The molecule has 1 heterocycles. The Hall–Kier alpha value is -0.570. The molecule has 0 unspecified atom stereocenters. The van der Waals surface area contributed by atoms with Crippen molar-refractivity contribution < 1.29 is 14.3 Å². The van der Waals surface area contributed by atoms with Crippen LogP contribution in [0.1, 0.15) is 19.8 Å². The second-order valence-corrected chi connectivity index (χ2v) is 2.90. The van der Waals surface area contributed by atoms with Crippen LogP contribution in [0.3, 0.4) is 0 Å². The van der Waals surface area contributed by atoms with Crippen LogP contribution >= 0.6 is 0 Å². The molecule has 0 aromatic rings. The Morgan fingerprint density at radius 2 is 2.20 bits per heavy atom. The van der Waals surface area contributed by atoms with Crippen molar-refractivity contribution in [2.45, 2.75) is 38.1 Å². The summed E-state index contributed by atoms with van der Waals surface area (Å²) in [5.41, 5.74) is 0. The van der Waals surface area contributed by atoms with Gasteiger partial charge in [-0.15, -0.1) is 0 Å². The molecule has 0 aromatic heterocycles. The summed E-state index contributed by atoms with van der Waals surface area (Å²) in [4.78, 5) is 10.9. The van der Waals surface area contributed by atoms with Crippen LogP contribution in [0, 0.1) is 0 Å². The fourth-order valence-electron chi connectivity index (χ4n) is 0.850. The van der Waals surface area contributed by atoms with Crippen molar-refractivity contribution >= 4 is 5.97 Å². The highest BCUT2D eigenvalue weighted by Gasteiger charge is 2.44. The van der Waals surface area contributed by atoms with Crippen molar-refractivity contribution in [1.29, 1.82) is 0 Å². The number of ether oxygens (including phenoxy) is 2. The van der Waals surface area contributed by atoms with Gasteiger partial charge >= 0.3 is 5.97 Å². The van der Waals surface area contributed by atoms with E-state index in [1.807, 2.05) is 6.92 Å². The monoisotopic (exact) mass is 142 g/mol. The molecule has 2 rings (SSSR count). The third-order valence-corrected chi connectivity index (χ3v) is 1.75. The molecule has 1 aliphatic carbocycles. The van der Waals surface area contributed by atoms with Gasteiger partial charge in [0.1, 0.15) is 6.10 Å². The summed E-state index contributed by atoms with van der Waals surface area (Å²) in [6, 6.07) is 0. The summed E-state index contributed by atoms with van der Waals surface area (Å²) < 4.78 is 9.92. The van der Waals surface area contributed by atoms with Crippen molar-refractivity contribution in [2.24, 2.45) is 0 Å². The Bertz CT molecular complexity index is 162. The quantitative estimate of drug-likeness (QED) is 0.416. The summed E-state index contributed by atoms with van der Waals surface area (Å²) in [7, 11) is 0. The van der Waals surface area contributed by atoms with Gasteiger partial charge in [0, 0.05) is 0 Å². The fraction of sp³-hybridized carbons (Fsp3) is 0.857. The molecule has 0 spiro atoms. The maximum atomic E-state index is 10.9. The SMILES string of the molecule is C[C@@H]1O[C@H]1C(=O)OC1CC1. The van der Waals surface area contributed by atoms with Gasteiger partial charge in [-0.3, -0.25) is 0 Å². The summed E-state index contributed by atoms with van der Waals surface area (Å²) in [6.07, 6.45) is 2.12. The Morgan fingerprint density at radius 1 is 1.60 bits per heavy atom. The predicted molar refractivity (Wildman–Crippen MR) is 33.4 cm³/mol. The van der Waals surface area contributed by atoms with E-state index >= 15 is 0 Å². The molecule has 1 saturated carbocycles. The molecule has 10 heavy (non-hydrogen) atoms. The van der Waals surface area contributed by atoms with Crippen LogP contribution in [0.2, 0.25) is 0 Å². The second-order valence-electron chi connectivity index (χ2n) is 2.90. The maximum Gasteiger partial charge on any atom is 0.338 e. The van der Waals surface area contributed by atoms with Crippen molar-refractivity contribution in [3.63, 3.8) is 0 Å². The smallest absolute Gasteiger partial charge is 0.338 e. The number of carbonyl (C=O) groups excluding carboxylic acids is 1. The van der Waals surface area contributed by atoms with Crippen molar-refractivity contribution in [1.82, 2.24) is 0 Å². The highest BCUT2D eigenvalue weighted by atomic mass is 16.6. The summed E-state index contributed by atoms with van der Waals surface area (Å²) in [5.74, 6) is -0.171. The van der Waals surface area contributed by atoms with Crippen LogP contribution in [-0.4, -0.2) is 24.3 Å². The van der Waals surface area contributed by atoms with E-state index in [1.54, 1.807) is 0 Å². The van der Waals surface area contributed by atoms with E-state index in [0.29, 0.717) is 0 Å². The van der Waals surface area contributed by atoms with Crippen molar-refractivity contribution in [2.75, 3.05) is 0 Å². The molecule has 2 atom stereocenters. The number of hydrogen-bond acceptors (Lipinski definition) is 3. The number of carbonyl (C=O) groups is 1. The number of esters is 1. The van der Waals surface area contributed by atoms with Crippen LogP contribution in [0.15, 0.2) is 0 Å². The first-order valence-electron chi connectivity index (χ1n) is 3.63. The zero-order chi connectivity index (χ0) is 7.14. The summed E-state index contributed by atoms with van der Waals surface area (Å²) >= 11 is 0. The minimum absolute atomic E-state index is 0.0891. The lowest BCUT2D eigenvalue weighted by Crippen LogP contribution is -2.14. The van der Waals surface area contributed by atoms with E-state index in [1.165, 1.54) is 0 Å². The minimum atomic E-state index is -0.249. The van der Waals surface area contributed by atoms with Crippen LogP contribution in [-0.2, 0) is 14.3 Å². The Morgan fingerprint density at radius 3 is 2.60 bits per heavy atom. The van der Waals surface area contributed by atoms with Gasteiger partial charge in [-0.05, 0) is 19.8 Å². The van der Waals surface area contributed by atoms with Gasteiger partial charge < -0.3 is 9.47 Å². The van der Waals surface area contributed by atoms with E-state index in [9.17, 15) is 4.79 Å². The van der Waals surface area contributed by atoms with Gasteiger partial charge in [0.25, 0.3) is 0 Å². The average molecular weight is 142 g/mol. The molecule has 0 bridgehead atoms. The first-order valence-corrected chi connectivity index (χ1v) is 3.63. The average Bonchev–Trinajstić information content (AvgIpc) is 2.66. The molecule has 0 N–H and O–H groups in total. The number of hydrogen-bond donors (Lipinski definition) is 0. The lowest BCUT2D eigenvalue weighted by atomic mass is 10.3. The van der Waals surface area contributed by atoms with E-state index in [2.05, 4.69) is 0 Å². The van der Waals surface area contributed by atoms with Gasteiger partial charge in [0.15, 0.2) is 6.10 Å². The standard InChI is InChI=1S/C7H10O3/c1-4-6(9-4)7(8)10-5-2-3-5/h4-6H,2-3H2,1H3/t4-,6+/m0/s1. The second kappa shape index (κ2) is 1.95. The molecular formula is C7H10O3. The lowest BCUT2D eigenvalue weighted by molar-refractivity contribution is -0.146. The molecule has 3 heteroatoms. The van der Waals surface area contributed by atoms with Crippen molar-refractivity contribution in [3.8, 4) is 0 Å². The molecule has 0 amide bonds. The zero-order valence-electron chi connectivity index (χ0n) is 5.87. The van der Waals surface area contributed by atoms with E-state index in [4.69, 9.17) is 9.47 Å². The largest absolute Gasteiger partial charge is 0.460 e. The lowest BCUT2D eigenvalue weighted by Gasteiger charge is -1.96. The van der Waals surface area contributed by atoms with Gasteiger partial charge in [-0.1, -0.05) is 0 Å². The fourth-order valence-corrected chi connectivity index (χ4v) is 0.850. The van der Waals surface area contributed by atoms with E-state index in [-0.39, 0.29) is 24.3 Å². The van der Waals surface area contributed by atoms with E-state index < -0.39 is 0 Å². The third kappa shape index (κ3) is 1.14. The molecule has 3 nitrogen and oxygen atoms in total. The minimum Gasteiger partial charge on any atom is -0.460 e. The Labute approximate surface area is 59.3 Å². The van der Waals surface area contributed by atoms with Gasteiger partial charge in [0.05, 0.1) is 6.10 Å². The topological polar surface area (TPSA) is 38.8 Å². The predicted octanol–water partition coefficient (Wildman–Crippen LogP) is 0.479. The highest BCUT2D eigenvalue weighted by molar-refractivity contribution is 5.78. The third-order valence-electron chi connectivity index (χ3n) is 1.75. The normalized spacial score (nSPS) is 37.3. The summed E-state index contributed by atoms with van der Waals surface area (Å²) in [5, 5.41) is 0. The highest BCUT2D eigenvalue weighted by Crippen LogP contribution is 2.28. The zero-order valence-corrected chi connectivity index (χ0v) is 5.87. The van der Waals surface area contributed by atoms with Crippen LogP contribution in [0.4, 0.5) is 0 Å². The Balaban J connectivity index is 1.76. The molecular weight excluding hydrogens is 132 g/mol. The van der Waals surface area contributed by atoms with Gasteiger partial charge in [0.2, 0.25) is 0 Å². The first-order chi connectivity index (χ1) is 4.77. The molecule has 1 saturated heterocycles. The van der Waals surface area contributed by atoms with Crippen molar-refractivity contribution in [3.05, 3.63) is 0 Å². The van der Waals surface area contributed by atoms with Gasteiger partial charge in [-0.2, -0.15) is 0 Å². The van der Waals surface area contributed by atoms with Gasteiger partial charge in [-0.25, -0.2) is 4.79 Å². The van der Waals surface area contributed by atoms with Crippen LogP contribution < -0.4 is 0 Å². The van der Waals surface area contributed by atoms with E-state index in [0.717, 1.165) is 12.8 Å². The maximum absolute atomic E-state index is 10.9. The molecule has 56 valence electrons.